The Morgan fingerprint density at radius 1 is 1.00 bits per heavy atom. The van der Waals surface area contributed by atoms with Gasteiger partial charge < -0.3 is 19.5 Å². The van der Waals surface area contributed by atoms with E-state index in [0.717, 1.165) is 34.8 Å². The van der Waals surface area contributed by atoms with Crippen LogP contribution in [0.3, 0.4) is 0 Å². The summed E-state index contributed by atoms with van der Waals surface area (Å²) >= 11 is 5.83. The standard InChI is InChI=1S/C27H27N5O3S2/c1-3-35-22-15-13-20(14-16-22)31-18-6-8-24(31)26-25(23-7-4-5-17-28-23)29-27(36)32(26)21-11-9-19(10-12-21)30-37(2,33)34/h4-18,25-26,30H,3H2,1-2H3,(H,29,36)/t25-,26+/m1/s1. The van der Waals surface area contributed by atoms with Crippen molar-refractivity contribution in [2.75, 3.05) is 22.5 Å². The van der Waals surface area contributed by atoms with Crippen molar-refractivity contribution in [3.63, 3.8) is 0 Å². The molecule has 37 heavy (non-hydrogen) atoms. The van der Waals surface area contributed by atoms with Gasteiger partial charge in [0.2, 0.25) is 10.0 Å². The number of pyridine rings is 1. The molecule has 2 aromatic heterocycles. The van der Waals surface area contributed by atoms with Gasteiger partial charge in [-0.15, -0.1) is 0 Å². The van der Waals surface area contributed by atoms with E-state index in [1.807, 2.05) is 73.8 Å². The van der Waals surface area contributed by atoms with Crippen LogP contribution in [0.2, 0.25) is 0 Å². The third kappa shape index (κ3) is 5.30. The Morgan fingerprint density at radius 2 is 1.73 bits per heavy atom. The van der Waals surface area contributed by atoms with Crippen LogP contribution in [0.25, 0.3) is 5.69 Å². The quantitative estimate of drug-likeness (QED) is 0.314. The molecule has 4 aromatic rings. The number of nitrogens with one attached hydrogen (secondary N) is 2. The van der Waals surface area contributed by atoms with E-state index in [2.05, 4.69) is 30.6 Å². The van der Waals surface area contributed by atoms with Crippen LogP contribution in [-0.4, -0.2) is 35.9 Å². The Labute approximate surface area is 222 Å². The largest absolute Gasteiger partial charge is 0.494 e. The molecule has 0 spiro atoms. The number of hydrogen-bond donors (Lipinski definition) is 2. The second kappa shape index (κ2) is 10.2. The molecular formula is C27H27N5O3S2. The van der Waals surface area contributed by atoms with Gasteiger partial charge in [-0.2, -0.15) is 0 Å². The van der Waals surface area contributed by atoms with Crippen LogP contribution < -0.4 is 19.7 Å². The fourth-order valence-electron chi connectivity index (χ4n) is 4.58. The number of sulfonamides is 1. The molecule has 1 aliphatic heterocycles. The SMILES string of the molecule is CCOc1ccc(-n2cccc2[C@H]2[C@@H](c3ccccn3)NC(=S)N2c2ccc(NS(C)(=O)=O)cc2)cc1. The minimum Gasteiger partial charge on any atom is -0.494 e. The van der Waals surface area contributed by atoms with Crippen LogP contribution in [0.5, 0.6) is 5.75 Å². The predicted molar refractivity (Wildman–Crippen MR) is 150 cm³/mol. The van der Waals surface area contributed by atoms with E-state index in [1.165, 1.54) is 0 Å². The second-order valence-electron chi connectivity index (χ2n) is 8.65. The summed E-state index contributed by atoms with van der Waals surface area (Å²) in [4.78, 5) is 6.68. The van der Waals surface area contributed by atoms with Gasteiger partial charge in [0.25, 0.3) is 0 Å². The number of anilines is 2. The molecule has 0 amide bonds. The van der Waals surface area contributed by atoms with Crippen LogP contribution >= 0.6 is 12.2 Å². The van der Waals surface area contributed by atoms with Crippen molar-refractivity contribution in [2.45, 2.75) is 19.0 Å². The monoisotopic (exact) mass is 533 g/mol. The summed E-state index contributed by atoms with van der Waals surface area (Å²) in [7, 11) is -3.38. The molecule has 190 valence electrons. The number of ether oxygens (including phenoxy) is 1. The van der Waals surface area contributed by atoms with Crippen molar-refractivity contribution in [1.29, 1.82) is 0 Å². The molecule has 10 heteroatoms. The van der Waals surface area contributed by atoms with Crippen LogP contribution in [0, 0.1) is 0 Å². The van der Waals surface area contributed by atoms with Crippen molar-refractivity contribution < 1.29 is 13.2 Å². The first-order chi connectivity index (χ1) is 17.8. The first-order valence-electron chi connectivity index (χ1n) is 11.8. The highest BCUT2D eigenvalue weighted by Gasteiger charge is 2.42. The van der Waals surface area contributed by atoms with E-state index in [1.54, 1.807) is 18.3 Å². The first-order valence-corrected chi connectivity index (χ1v) is 14.1. The van der Waals surface area contributed by atoms with Crippen molar-refractivity contribution in [3.05, 3.63) is 103 Å². The van der Waals surface area contributed by atoms with Gasteiger partial charge in [0, 0.05) is 35.1 Å². The third-order valence-corrected chi connectivity index (χ3v) is 6.98. The minimum absolute atomic E-state index is 0.209. The molecule has 3 heterocycles. The maximum atomic E-state index is 11.7. The molecule has 8 nitrogen and oxygen atoms in total. The molecule has 2 aromatic carbocycles. The number of nitrogens with zero attached hydrogens (tertiary/aromatic N) is 3. The summed E-state index contributed by atoms with van der Waals surface area (Å²) in [6, 6.07) is 24.7. The Kier molecular flexibility index (Phi) is 6.86. The highest BCUT2D eigenvalue weighted by molar-refractivity contribution is 7.92. The fraction of sp³-hybridized carbons (Fsp3) is 0.185. The lowest BCUT2D eigenvalue weighted by atomic mass is 10.0. The van der Waals surface area contributed by atoms with Crippen LogP contribution in [0.15, 0.2) is 91.3 Å². The highest BCUT2D eigenvalue weighted by Crippen LogP contribution is 2.42. The van der Waals surface area contributed by atoms with E-state index < -0.39 is 10.0 Å². The van der Waals surface area contributed by atoms with Gasteiger partial charge in [-0.3, -0.25) is 9.71 Å². The lowest BCUT2D eigenvalue weighted by Crippen LogP contribution is -2.30. The lowest BCUT2D eigenvalue weighted by molar-refractivity contribution is 0.340. The van der Waals surface area contributed by atoms with Crippen molar-refractivity contribution in [3.8, 4) is 11.4 Å². The van der Waals surface area contributed by atoms with Gasteiger partial charge in [0.1, 0.15) is 11.8 Å². The number of hydrogen-bond acceptors (Lipinski definition) is 5. The molecule has 2 N–H and O–H groups in total. The summed E-state index contributed by atoms with van der Waals surface area (Å²) in [6.07, 6.45) is 4.93. The first kappa shape index (κ1) is 24.8. The van der Waals surface area contributed by atoms with E-state index in [9.17, 15) is 8.42 Å². The molecule has 0 bridgehead atoms. The zero-order valence-corrected chi connectivity index (χ0v) is 22.0. The Balaban J connectivity index is 1.57. The van der Waals surface area contributed by atoms with E-state index >= 15 is 0 Å². The molecule has 0 radical (unpaired) electrons. The molecule has 2 atom stereocenters. The highest BCUT2D eigenvalue weighted by atomic mass is 32.2. The van der Waals surface area contributed by atoms with Gasteiger partial charge in [0.15, 0.2) is 5.11 Å². The third-order valence-electron chi connectivity index (χ3n) is 6.06. The molecule has 1 fully saturated rings. The van der Waals surface area contributed by atoms with E-state index in [-0.39, 0.29) is 12.1 Å². The van der Waals surface area contributed by atoms with Gasteiger partial charge >= 0.3 is 0 Å². The van der Waals surface area contributed by atoms with Gasteiger partial charge in [-0.25, -0.2) is 8.42 Å². The Morgan fingerprint density at radius 3 is 2.38 bits per heavy atom. The minimum atomic E-state index is -3.38. The molecular weight excluding hydrogens is 506 g/mol. The average molecular weight is 534 g/mol. The van der Waals surface area contributed by atoms with Crippen LogP contribution in [0.1, 0.15) is 30.4 Å². The number of rotatable bonds is 8. The summed E-state index contributed by atoms with van der Waals surface area (Å²) < 4.78 is 33.6. The van der Waals surface area contributed by atoms with Gasteiger partial charge in [-0.1, -0.05) is 6.07 Å². The summed E-state index contributed by atoms with van der Waals surface area (Å²) in [6.45, 7) is 2.57. The molecule has 1 saturated heterocycles. The maximum absolute atomic E-state index is 11.7. The van der Waals surface area contributed by atoms with Crippen molar-refractivity contribution in [2.24, 2.45) is 0 Å². The number of aromatic nitrogens is 2. The van der Waals surface area contributed by atoms with E-state index in [0.29, 0.717) is 17.4 Å². The Hall–Kier alpha value is -3.89. The van der Waals surface area contributed by atoms with Crippen molar-refractivity contribution >= 4 is 38.7 Å². The zero-order valence-electron chi connectivity index (χ0n) is 20.4. The lowest BCUT2D eigenvalue weighted by Gasteiger charge is -2.29. The van der Waals surface area contributed by atoms with Gasteiger partial charge in [-0.05, 0) is 91.9 Å². The second-order valence-corrected chi connectivity index (χ2v) is 10.8. The van der Waals surface area contributed by atoms with Crippen molar-refractivity contribution in [1.82, 2.24) is 14.9 Å². The smallest absolute Gasteiger partial charge is 0.229 e. The average Bonchev–Trinajstić information content (AvgIpc) is 3.49. The summed E-state index contributed by atoms with van der Waals surface area (Å²) in [5.74, 6) is 0.819. The number of benzene rings is 2. The topological polar surface area (TPSA) is 88.5 Å². The Bertz CT molecular complexity index is 1490. The molecule has 0 aliphatic carbocycles. The van der Waals surface area contributed by atoms with Crippen LogP contribution in [0.4, 0.5) is 11.4 Å². The summed E-state index contributed by atoms with van der Waals surface area (Å²) in [5.41, 5.74) is 4.20. The van der Waals surface area contributed by atoms with E-state index in [4.69, 9.17) is 17.0 Å². The fourth-order valence-corrected chi connectivity index (χ4v) is 5.49. The number of thiocarbonyl (C=S) groups is 1. The normalized spacial score (nSPS) is 17.5. The molecule has 0 saturated carbocycles. The van der Waals surface area contributed by atoms with Crippen LogP contribution in [-0.2, 0) is 10.0 Å². The predicted octanol–water partition coefficient (Wildman–Crippen LogP) is 4.82. The molecule has 1 aliphatic rings. The molecule has 5 rings (SSSR count). The summed E-state index contributed by atoms with van der Waals surface area (Å²) in [5, 5.41) is 4.02. The maximum Gasteiger partial charge on any atom is 0.229 e. The zero-order chi connectivity index (χ0) is 26.0. The molecule has 0 unspecified atom stereocenters. The van der Waals surface area contributed by atoms with Gasteiger partial charge in [0.05, 0.1) is 24.6 Å².